The van der Waals surface area contributed by atoms with Crippen LogP contribution in [0.1, 0.15) is 17.7 Å². The Balaban J connectivity index is 1.72. The minimum Gasteiger partial charge on any atom is -0.338 e. The summed E-state index contributed by atoms with van der Waals surface area (Å²) >= 11 is 0. The fourth-order valence-corrected chi connectivity index (χ4v) is 2.13. The third-order valence-electron chi connectivity index (χ3n) is 3.18. The molecule has 96 valence electrons. The van der Waals surface area contributed by atoms with Crippen LogP contribution < -0.4 is 0 Å². The highest BCUT2D eigenvalue weighted by Gasteiger charge is 2.02. The van der Waals surface area contributed by atoms with Gasteiger partial charge in [-0.15, -0.1) is 0 Å². The monoisotopic (exact) mass is 243 g/mol. The summed E-state index contributed by atoms with van der Waals surface area (Å²) in [6.07, 6.45) is 6.08. The quantitative estimate of drug-likeness (QED) is 0.777. The molecule has 3 nitrogen and oxygen atoms in total. The molecule has 0 fully saturated rings. The van der Waals surface area contributed by atoms with Gasteiger partial charge in [0, 0.05) is 25.5 Å². The molecule has 0 aliphatic rings. The van der Waals surface area contributed by atoms with Crippen LogP contribution in [0.5, 0.6) is 0 Å². The van der Waals surface area contributed by atoms with Crippen molar-refractivity contribution in [3.63, 3.8) is 0 Å². The largest absolute Gasteiger partial charge is 0.338 e. The molecule has 0 N–H and O–H groups in total. The van der Waals surface area contributed by atoms with Gasteiger partial charge in [-0.2, -0.15) is 0 Å². The number of benzene rings is 1. The molecule has 1 aromatic carbocycles. The van der Waals surface area contributed by atoms with Crippen LogP contribution in [0.15, 0.2) is 42.9 Å². The fourth-order valence-electron chi connectivity index (χ4n) is 2.13. The Morgan fingerprint density at radius 2 is 2.00 bits per heavy atom. The summed E-state index contributed by atoms with van der Waals surface area (Å²) in [7, 11) is 4.23. The zero-order valence-electron chi connectivity index (χ0n) is 11.2. The topological polar surface area (TPSA) is 21.1 Å². The van der Waals surface area contributed by atoms with Gasteiger partial charge in [-0.1, -0.05) is 30.3 Å². The maximum atomic E-state index is 4.14. The maximum Gasteiger partial charge on any atom is 0.0945 e. The van der Waals surface area contributed by atoms with E-state index in [1.807, 2.05) is 12.5 Å². The van der Waals surface area contributed by atoms with Crippen molar-refractivity contribution in [3.05, 3.63) is 54.1 Å². The zero-order chi connectivity index (χ0) is 12.8. The Hall–Kier alpha value is -1.61. The standard InChI is InChI=1S/C15H21N3/c1-17(12-14-7-4-3-5-8-14)10-6-9-15-11-16-13-18(15)2/h3-5,7-8,11,13H,6,9-10,12H2,1-2H3. The van der Waals surface area contributed by atoms with E-state index in [1.165, 1.54) is 17.7 Å². The van der Waals surface area contributed by atoms with Crippen LogP contribution in [-0.2, 0) is 20.0 Å². The number of aryl methyl sites for hydroxylation is 2. The van der Waals surface area contributed by atoms with Gasteiger partial charge in [0.25, 0.3) is 0 Å². The second-order valence-corrected chi connectivity index (χ2v) is 4.82. The van der Waals surface area contributed by atoms with E-state index in [2.05, 4.69) is 58.9 Å². The molecule has 18 heavy (non-hydrogen) atoms. The summed E-state index contributed by atoms with van der Waals surface area (Å²) < 4.78 is 2.09. The molecule has 0 spiro atoms. The molecular formula is C15H21N3. The van der Waals surface area contributed by atoms with E-state index >= 15 is 0 Å². The van der Waals surface area contributed by atoms with Crippen molar-refractivity contribution < 1.29 is 0 Å². The molecule has 0 saturated carbocycles. The van der Waals surface area contributed by atoms with Gasteiger partial charge in [0.15, 0.2) is 0 Å². The Kier molecular flexibility index (Phi) is 4.53. The first-order valence-corrected chi connectivity index (χ1v) is 6.43. The molecular weight excluding hydrogens is 222 g/mol. The second-order valence-electron chi connectivity index (χ2n) is 4.82. The van der Waals surface area contributed by atoms with Crippen molar-refractivity contribution in [2.75, 3.05) is 13.6 Å². The first kappa shape index (κ1) is 12.8. The maximum absolute atomic E-state index is 4.14. The molecule has 1 heterocycles. The van der Waals surface area contributed by atoms with Crippen LogP contribution in [0.4, 0.5) is 0 Å². The molecule has 1 aromatic heterocycles. The highest BCUT2D eigenvalue weighted by molar-refractivity contribution is 5.14. The van der Waals surface area contributed by atoms with Crippen LogP contribution in [0.2, 0.25) is 0 Å². The Bertz CT molecular complexity index is 462. The molecule has 3 heteroatoms. The second kappa shape index (κ2) is 6.36. The molecule has 2 rings (SSSR count). The molecule has 0 radical (unpaired) electrons. The first-order chi connectivity index (χ1) is 8.75. The van der Waals surface area contributed by atoms with Gasteiger partial charge in [-0.3, -0.25) is 0 Å². The van der Waals surface area contributed by atoms with Crippen LogP contribution in [0, 0.1) is 0 Å². The van der Waals surface area contributed by atoms with E-state index in [1.54, 1.807) is 0 Å². The minimum atomic E-state index is 1.02. The third-order valence-corrected chi connectivity index (χ3v) is 3.18. The zero-order valence-corrected chi connectivity index (χ0v) is 11.2. The Labute approximate surface area is 109 Å². The SMILES string of the molecule is CN(CCCc1cncn1C)Cc1ccccc1. The Morgan fingerprint density at radius 1 is 1.22 bits per heavy atom. The van der Waals surface area contributed by atoms with Gasteiger partial charge in [0.05, 0.1) is 6.33 Å². The summed E-state index contributed by atoms with van der Waals surface area (Å²) in [5.74, 6) is 0. The number of hydrogen-bond acceptors (Lipinski definition) is 2. The third kappa shape index (κ3) is 3.70. The summed E-state index contributed by atoms with van der Waals surface area (Å²) in [5.41, 5.74) is 2.68. The lowest BCUT2D eigenvalue weighted by Gasteiger charge is -2.16. The molecule has 0 atom stereocenters. The minimum absolute atomic E-state index is 1.02. The van der Waals surface area contributed by atoms with Crippen LogP contribution in [0.3, 0.4) is 0 Å². The van der Waals surface area contributed by atoms with E-state index in [0.29, 0.717) is 0 Å². The molecule has 0 aliphatic carbocycles. The highest BCUT2D eigenvalue weighted by Crippen LogP contribution is 2.05. The van der Waals surface area contributed by atoms with Gasteiger partial charge < -0.3 is 9.47 Å². The van der Waals surface area contributed by atoms with Crippen molar-refractivity contribution in [2.45, 2.75) is 19.4 Å². The number of imidazole rings is 1. The van der Waals surface area contributed by atoms with Crippen LogP contribution in [-0.4, -0.2) is 28.0 Å². The average molecular weight is 243 g/mol. The van der Waals surface area contributed by atoms with Crippen molar-refractivity contribution in [1.82, 2.24) is 14.5 Å². The molecule has 0 amide bonds. The van der Waals surface area contributed by atoms with E-state index in [0.717, 1.165) is 19.5 Å². The van der Waals surface area contributed by atoms with E-state index < -0.39 is 0 Å². The summed E-state index contributed by atoms with van der Waals surface area (Å²) in [4.78, 5) is 6.50. The van der Waals surface area contributed by atoms with Gasteiger partial charge >= 0.3 is 0 Å². The average Bonchev–Trinajstić information content (AvgIpc) is 2.76. The summed E-state index contributed by atoms with van der Waals surface area (Å²) in [6, 6.07) is 10.6. The molecule has 0 aliphatic heterocycles. The van der Waals surface area contributed by atoms with E-state index in [4.69, 9.17) is 0 Å². The predicted molar refractivity (Wildman–Crippen MR) is 74.3 cm³/mol. The van der Waals surface area contributed by atoms with Crippen molar-refractivity contribution >= 4 is 0 Å². The predicted octanol–water partition coefficient (Wildman–Crippen LogP) is 2.48. The van der Waals surface area contributed by atoms with E-state index in [9.17, 15) is 0 Å². The normalized spacial score (nSPS) is 11.1. The number of hydrogen-bond donors (Lipinski definition) is 0. The van der Waals surface area contributed by atoms with Gasteiger partial charge in [0.1, 0.15) is 0 Å². The molecule has 0 saturated heterocycles. The lowest BCUT2D eigenvalue weighted by atomic mass is 10.2. The lowest BCUT2D eigenvalue weighted by molar-refractivity contribution is 0.321. The summed E-state index contributed by atoms with van der Waals surface area (Å²) in [5, 5.41) is 0. The van der Waals surface area contributed by atoms with Gasteiger partial charge in [-0.25, -0.2) is 4.98 Å². The molecule has 0 bridgehead atoms. The van der Waals surface area contributed by atoms with Crippen molar-refractivity contribution in [2.24, 2.45) is 7.05 Å². The van der Waals surface area contributed by atoms with Gasteiger partial charge in [-0.05, 0) is 32.0 Å². The van der Waals surface area contributed by atoms with Crippen LogP contribution >= 0.6 is 0 Å². The highest BCUT2D eigenvalue weighted by atomic mass is 15.1. The lowest BCUT2D eigenvalue weighted by Crippen LogP contribution is -2.19. The summed E-state index contributed by atoms with van der Waals surface area (Å²) in [6.45, 7) is 2.13. The smallest absolute Gasteiger partial charge is 0.0945 e. The molecule has 2 aromatic rings. The molecule has 0 unspecified atom stereocenters. The number of rotatable bonds is 6. The first-order valence-electron chi connectivity index (χ1n) is 6.43. The Morgan fingerprint density at radius 3 is 2.67 bits per heavy atom. The number of aromatic nitrogens is 2. The van der Waals surface area contributed by atoms with Crippen molar-refractivity contribution in [1.29, 1.82) is 0 Å². The number of nitrogens with zero attached hydrogens (tertiary/aromatic N) is 3. The van der Waals surface area contributed by atoms with Crippen LogP contribution in [0.25, 0.3) is 0 Å². The fraction of sp³-hybridized carbons (Fsp3) is 0.400. The van der Waals surface area contributed by atoms with Crippen molar-refractivity contribution in [3.8, 4) is 0 Å². The van der Waals surface area contributed by atoms with Gasteiger partial charge in [0.2, 0.25) is 0 Å². The van der Waals surface area contributed by atoms with E-state index in [-0.39, 0.29) is 0 Å².